The third-order valence-electron chi connectivity index (χ3n) is 8.13. The summed E-state index contributed by atoms with van der Waals surface area (Å²) in [7, 11) is 1.75. The van der Waals surface area contributed by atoms with Gasteiger partial charge in [0.25, 0.3) is 0 Å². The molecule has 3 nitrogen and oxygen atoms in total. The first-order chi connectivity index (χ1) is 13.6. The highest BCUT2D eigenvalue weighted by molar-refractivity contribution is 5.67. The summed E-state index contributed by atoms with van der Waals surface area (Å²) >= 11 is 0. The summed E-state index contributed by atoms with van der Waals surface area (Å²) in [6.07, 6.45) is 15.8. The van der Waals surface area contributed by atoms with Gasteiger partial charge in [0.15, 0.2) is 0 Å². The summed E-state index contributed by atoms with van der Waals surface area (Å²) in [5, 5.41) is 11.2. The number of rotatable bonds is 3. The molecular formula is C25H31NO2. The van der Waals surface area contributed by atoms with Gasteiger partial charge >= 0.3 is 0 Å². The van der Waals surface area contributed by atoms with Crippen LogP contribution in [-0.2, 0) is 6.42 Å². The molecule has 1 aromatic carbocycles. The van der Waals surface area contributed by atoms with E-state index in [-0.39, 0.29) is 17.6 Å². The molecule has 0 unspecified atom stereocenters. The Bertz CT molecular complexity index is 829. The minimum Gasteiger partial charge on any atom is -0.497 e. The molecular weight excluding hydrogens is 346 g/mol. The number of hydrogen-bond acceptors (Lipinski definition) is 3. The van der Waals surface area contributed by atoms with Gasteiger partial charge in [-0.1, -0.05) is 37.3 Å². The minimum atomic E-state index is -0.318. The van der Waals surface area contributed by atoms with E-state index in [1.807, 2.05) is 6.21 Å². The number of nitrogens with zero attached hydrogens (tertiary/aromatic N) is 1. The number of ether oxygens (including phenoxy) is 1. The van der Waals surface area contributed by atoms with E-state index in [1.54, 1.807) is 7.11 Å². The van der Waals surface area contributed by atoms with Crippen molar-refractivity contribution in [1.29, 1.82) is 0 Å². The average molecular weight is 378 g/mol. The van der Waals surface area contributed by atoms with Crippen LogP contribution in [0.1, 0.15) is 49.7 Å². The molecule has 0 spiro atoms. The Morgan fingerprint density at radius 2 is 2.04 bits per heavy atom. The molecule has 28 heavy (non-hydrogen) atoms. The second kappa shape index (κ2) is 6.88. The summed E-state index contributed by atoms with van der Waals surface area (Å²) in [5.41, 5.74) is 3.01. The third-order valence-corrected chi connectivity index (χ3v) is 8.13. The van der Waals surface area contributed by atoms with Crippen LogP contribution in [0.15, 0.2) is 47.5 Å². The zero-order chi connectivity index (χ0) is 19.3. The van der Waals surface area contributed by atoms with Gasteiger partial charge in [0.1, 0.15) is 5.75 Å². The molecule has 4 aliphatic rings. The van der Waals surface area contributed by atoms with Crippen LogP contribution in [0.4, 0.5) is 0 Å². The lowest BCUT2D eigenvalue weighted by Crippen LogP contribution is -2.44. The van der Waals surface area contributed by atoms with Gasteiger partial charge in [0.05, 0.1) is 19.3 Å². The topological polar surface area (TPSA) is 41.8 Å². The quantitative estimate of drug-likeness (QED) is 0.776. The highest BCUT2D eigenvalue weighted by Crippen LogP contribution is 2.61. The summed E-state index contributed by atoms with van der Waals surface area (Å²) < 4.78 is 5.44. The fourth-order valence-electron chi connectivity index (χ4n) is 6.57. The van der Waals surface area contributed by atoms with Crippen LogP contribution in [0.3, 0.4) is 0 Å². The molecule has 0 aliphatic heterocycles. The lowest BCUT2D eigenvalue weighted by Gasteiger charge is -2.50. The number of allylic oxidation sites excluding steroid dienone is 4. The Labute approximate surface area is 168 Å². The lowest BCUT2D eigenvalue weighted by atomic mass is 9.55. The number of benzene rings is 1. The van der Waals surface area contributed by atoms with Crippen molar-refractivity contribution in [3.63, 3.8) is 0 Å². The molecule has 0 heterocycles. The Morgan fingerprint density at radius 3 is 2.82 bits per heavy atom. The number of aliphatic hydroxyl groups excluding tert-OH is 1. The molecule has 1 N–H and O–H groups in total. The highest BCUT2D eigenvalue weighted by atomic mass is 16.5. The predicted octanol–water partition coefficient (Wildman–Crippen LogP) is 4.70. The van der Waals surface area contributed by atoms with Crippen LogP contribution >= 0.6 is 0 Å². The van der Waals surface area contributed by atoms with Gasteiger partial charge in [-0.3, -0.25) is 4.99 Å². The Balaban J connectivity index is 1.40. The van der Waals surface area contributed by atoms with Crippen molar-refractivity contribution >= 4 is 6.21 Å². The zero-order valence-electron chi connectivity index (χ0n) is 16.9. The normalized spacial score (nSPS) is 39.2. The molecule has 6 atom stereocenters. The SMILES string of the molecule is COc1ccc2c(c1)CC[C@@H]1[C@@H]2CC[C@]2(C)[C@@H](O)[C@H](N=CC3C=CC=C3)C[C@@H]12. The van der Waals surface area contributed by atoms with E-state index in [9.17, 15) is 5.11 Å². The van der Waals surface area contributed by atoms with Crippen LogP contribution in [0.25, 0.3) is 0 Å². The van der Waals surface area contributed by atoms with Gasteiger partial charge in [-0.2, -0.15) is 0 Å². The Morgan fingerprint density at radius 1 is 1.21 bits per heavy atom. The maximum absolute atomic E-state index is 11.2. The van der Waals surface area contributed by atoms with Gasteiger partial charge in [-0.05, 0) is 78.5 Å². The van der Waals surface area contributed by atoms with Gasteiger partial charge < -0.3 is 9.84 Å². The largest absolute Gasteiger partial charge is 0.497 e. The van der Waals surface area contributed by atoms with Gasteiger partial charge in [0.2, 0.25) is 0 Å². The molecule has 0 aromatic heterocycles. The fraction of sp³-hybridized carbons (Fsp3) is 0.560. The number of aliphatic hydroxyl groups is 1. The molecule has 1 aromatic rings. The van der Waals surface area contributed by atoms with Gasteiger partial charge in [-0.25, -0.2) is 0 Å². The number of fused-ring (bicyclic) bond motifs is 5. The summed E-state index contributed by atoms with van der Waals surface area (Å²) in [6, 6.07) is 6.70. The molecule has 0 bridgehead atoms. The number of aliphatic imine (C=N–C) groups is 1. The monoisotopic (exact) mass is 377 g/mol. The van der Waals surface area contributed by atoms with Crippen molar-refractivity contribution in [3.05, 3.63) is 53.6 Å². The number of methoxy groups -OCH3 is 1. The fourth-order valence-corrected chi connectivity index (χ4v) is 6.57. The van der Waals surface area contributed by atoms with Gasteiger partial charge in [0, 0.05) is 12.1 Å². The maximum atomic E-state index is 11.2. The number of aryl methyl sites for hydroxylation is 1. The van der Waals surface area contributed by atoms with E-state index in [0.29, 0.717) is 23.7 Å². The Kier molecular flexibility index (Phi) is 4.46. The van der Waals surface area contributed by atoms with E-state index in [4.69, 9.17) is 9.73 Å². The second-order valence-electron chi connectivity index (χ2n) is 9.42. The van der Waals surface area contributed by atoms with E-state index >= 15 is 0 Å². The van der Waals surface area contributed by atoms with E-state index in [2.05, 4.69) is 49.4 Å². The van der Waals surface area contributed by atoms with Crippen molar-refractivity contribution in [2.75, 3.05) is 7.11 Å². The summed E-state index contributed by atoms with van der Waals surface area (Å²) in [4.78, 5) is 4.87. The lowest BCUT2D eigenvalue weighted by molar-refractivity contribution is -0.0254. The van der Waals surface area contributed by atoms with E-state index < -0.39 is 0 Å². The molecule has 0 radical (unpaired) electrons. The average Bonchev–Trinajstić information content (AvgIpc) is 3.32. The molecule has 0 saturated heterocycles. The van der Waals surface area contributed by atoms with Crippen LogP contribution in [0.5, 0.6) is 5.75 Å². The molecule has 4 aliphatic carbocycles. The van der Waals surface area contributed by atoms with E-state index in [1.165, 1.54) is 24.0 Å². The van der Waals surface area contributed by atoms with Gasteiger partial charge in [-0.15, -0.1) is 0 Å². The zero-order valence-corrected chi connectivity index (χ0v) is 16.9. The molecule has 5 rings (SSSR count). The standard InChI is InChI=1S/C25H31NO2/c1-25-12-11-20-19-10-8-18(28-2)13-17(19)7-9-21(20)22(25)14-23(24(25)27)26-15-16-5-3-4-6-16/h3-6,8,10,13,15-16,20-24,27H,7,9,11-12,14H2,1-2H3/t20-,21-,22+,23-,24+,25+/m1/s1. The molecule has 3 heteroatoms. The van der Waals surface area contributed by atoms with Crippen molar-refractivity contribution in [2.45, 2.75) is 57.1 Å². The predicted molar refractivity (Wildman–Crippen MR) is 113 cm³/mol. The van der Waals surface area contributed by atoms with Crippen molar-refractivity contribution in [2.24, 2.45) is 28.2 Å². The van der Waals surface area contributed by atoms with Crippen molar-refractivity contribution in [1.82, 2.24) is 0 Å². The van der Waals surface area contributed by atoms with Crippen molar-refractivity contribution < 1.29 is 9.84 Å². The number of hydrogen-bond donors (Lipinski definition) is 1. The third kappa shape index (κ3) is 2.78. The Hall–Kier alpha value is -1.87. The molecule has 148 valence electrons. The summed E-state index contributed by atoms with van der Waals surface area (Å²) in [5.74, 6) is 3.13. The maximum Gasteiger partial charge on any atom is 0.119 e. The first-order valence-corrected chi connectivity index (χ1v) is 10.8. The van der Waals surface area contributed by atoms with Crippen LogP contribution < -0.4 is 4.74 Å². The van der Waals surface area contributed by atoms with Crippen LogP contribution in [0, 0.1) is 23.2 Å². The minimum absolute atomic E-state index is 0.00843. The molecule has 2 saturated carbocycles. The first kappa shape index (κ1) is 18.2. The molecule has 2 fully saturated rings. The van der Waals surface area contributed by atoms with Crippen molar-refractivity contribution in [3.8, 4) is 5.75 Å². The summed E-state index contributed by atoms with van der Waals surface area (Å²) in [6.45, 7) is 2.33. The second-order valence-corrected chi connectivity index (χ2v) is 9.42. The van der Waals surface area contributed by atoms with Crippen LogP contribution in [-0.4, -0.2) is 30.6 Å². The smallest absolute Gasteiger partial charge is 0.119 e. The molecule has 0 amide bonds. The van der Waals surface area contributed by atoms with Crippen LogP contribution in [0.2, 0.25) is 0 Å². The highest BCUT2D eigenvalue weighted by Gasteiger charge is 2.58. The van der Waals surface area contributed by atoms with E-state index in [0.717, 1.165) is 25.0 Å². The first-order valence-electron chi connectivity index (χ1n) is 10.8.